The molecular formula is C51H37NS. The first-order valence-electron chi connectivity index (χ1n) is 18.3. The van der Waals surface area contributed by atoms with Crippen molar-refractivity contribution in [3.63, 3.8) is 0 Å². The SMILES string of the molecule is CC1(C)c2ccccc2-c2cc(-c3ccc(N(c4ccc(-c5ccc6sc7ccccc7c6c5)cc4)c4cccc(-c5ccccc5)c4)cc3)ccc21. The van der Waals surface area contributed by atoms with Crippen LogP contribution in [0.15, 0.2) is 188 Å². The lowest BCUT2D eigenvalue weighted by Gasteiger charge is -2.26. The lowest BCUT2D eigenvalue weighted by atomic mass is 9.82. The lowest BCUT2D eigenvalue weighted by Crippen LogP contribution is -2.14. The van der Waals surface area contributed by atoms with E-state index in [1.165, 1.54) is 75.8 Å². The Morgan fingerprint density at radius 2 is 0.906 bits per heavy atom. The van der Waals surface area contributed by atoms with Crippen molar-refractivity contribution in [3.05, 3.63) is 199 Å². The molecule has 0 radical (unpaired) electrons. The molecule has 0 spiro atoms. The Hall–Kier alpha value is -6.22. The molecule has 0 fully saturated rings. The van der Waals surface area contributed by atoms with Crippen molar-refractivity contribution in [1.29, 1.82) is 0 Å². The zero-order valence-corrected chi connectivity index (χ0v) is 30.6. The van der Waals surface area contributed by atoms with Crippen molar-refractivity contribution < 1.29 is 0 Å². The summed E-state index contributed by atoms with van der Waals surface area (Å²) in [6.45, 7) is 4.67. The second kappa shape index (κ2) is 12.5. The topological polar surface area (TPSA) is 3.24 Å². The first kappa shape index (κ1) is 31.5. The van der Waals surface area contributed by atoms with Crippen molar-refractivity contribution in [3.8, 4) is 44.5 Å². The fourth-order valence-electron chi connectivity index (χ4n) is 8.31. The molecule has 2 heteroatoms. The number of benzene rings is 8. The highest BCUT2D eigenvalue weighted by Gasteiger charge is 2.35. The Kier molecular flexibility index (Phi) is 7.42. The van der Waals surface area contributed by atoms with Crippen molar-refractivity contribution in [2.45, 2.75) is 19.3 Å². The normalized spacial score (nSPS) is 12.9. The Morgan fingerprint density at radius 3 is 1.68 bits per heavy atom. The summed E-state index contributed by atoms with van der Waals surface area (Å²) in [5, 5.41) is 2.65. The summed E-state index contributed by atoms with van der Waals surface area (Å²) in [6.07, 6.45) is 0. The molecule has 0 unspecified atom stereocenters. The third-order valence-corrected chi connectivity index (χ3v) is 12.2. The zero-order chi connectivity index (χ0) is 35.5. The second-order valence-electron chi connectivity index (χ2n) is 14.6. The van der Waals surface area contributed by atoms with Gasteiger partial charge in [0.1, 0.15) is 0 Å². The van der Waals surface area contributed by atoms with E-state index in [0.717, 1.165) is 17.1 Å². The van der Waals surface area contributed by atoms with Gasteiger partial charge in [0.25, 0.3) is 0 Å². The van der Waals surface area contributed by atoms with Crippen molar-refractivity contribution >= 4 is 48.6 Å². The van der Waals surface area contributed by atoms with E-state index in [1.807, 2.05) is 11.3 Å². The van der Waals surface area contributed by atoms with E-state index < -0.39 is 0 Å². The lowest BCUT2D eigenvalue weighted by molar-refractivity contribution is 0.660. The van der Waals surface area contributed by atoms with Crippen molar-refractivity contribution in [2.24, 2.45) is 0 Å². The molecule has 1 nitrogen and oxygen atoms in total. The molecule has 1 aliphatic rings. The van der Waals surface area contributed by atoms with Crippen LogP contribution >= 0.6 is 11.3 Å². The molecule has 53 heavy (non-hydrogen) atoms. The molecule has 0 atom stereocenters. The Labute approximate surface area is 315 Å². The second-order valence-corrected chi connectivity index (χ2v) is 15.7. The van der Waals surface area contributed by atoms with Crippen LogP contribution in [0, 0.1) is 0 Å². The number of hydrogen-bond acceptors (Lipinski definition) is 2. The smallest absolute Gasteiger partial charge is 0.0467 e. The zero-order valence-electron chi connectivity index (χ0n) is 29.8. The van der Waals surface area contributed by atoms with Crippen LogP contribution in [0.5, 0.6) is 0 Å². The fraction of sp³-hybridized carbons (Fsp3) is 0.0588. The molecule has 0 saturated carbocycles. The van der Waals surface area contributed by atoms with Gasteiger partial charge in [-0.05, 0) is 116 Å². The van der Waals surface area contributed by atoms with E-state index >= 15 is 0 Å². The van der Waals surface area contributed by atoms with Crippen LogP contribution in [0.3, 0.4) is 0 Å². The first-order chi connectivity index (χ1) is 26.0. The largest absolute Gasteiger partial charge is 0.310 e. The van der Waals surface area contributed by atoms with Crippen LogP contribution in [0.25, 0.3) is 64.7 Å². The van der Waals surface area contributed by atoms with Gasteiger partial charge in [0.05, 0.1) is 0 Å². The number of anilines is 3. The molecule has 10 rings (SSSR count). The van der Waals surface area contributed by atoms with Crippen LogP contribution in [0.4, 0.5) is 17.1 Å². The fourth-order valence-corrected chi connectivity index (χ4v) is 9.40. The third kappa shape index (κ3) is 5.37. The minimum atomic E-state index is 0.00366. The molecule has 0 amide bonds. The summed E-state index contributed by atoms with van der Waals surface area (Å²) in [4.78, 5) is 2.37. The highest BCUT2D eigenvalue weighted by atomic mass is 32.1. The van der Waals surface area contributed by atoms with Crippen LogP contribution in [-0.4, -0.2) is 0 Å². The van der Waals surface area contributed by atoms with Crippen molar-refractivity contribution in [2.75, 3.05) is 4.90 Å². The van der Waals surface area contributed by atoms with E-state index in [0.29, 0.717) is 0 Å². The Morgan fingerprint density at radius 1 is 0.358 bits per heavy atom. The summed E-state index contributed by atoms with van der Waals surface area (Å²) >= 11 is 1.86. The summed E-state index contributed by atoms with van der Waals surface area (Å²) in [6, 6.07) is 69.1. The van der Waals surface area contributed by atoms with Crippen LogP contribution in [0.1, 0.15) is 25.0 Å². The Bertz CT molecular complexity index is 2790. The summed E-state index contributed by atoms with van der Waals surface area (Å²) in [5.74, 6) is 0. The standard InChI is InChI=1S/C51H37NS/c1-51(2)47-17-8-6-15-43(47)45-32-38(23-29-48(45)51)35-19-25-40(26-20-35)52(42-14-10-13-37(31-42)34-11-4-3-5-12-34)41-27-21-36(22-28-41)39-24-30-50-46(33-39)44-16-7-9-18-49(44)53-50/h3-33H,1-2H3. The number of rotatable bonds is 6. The maximum Gasteiger partial charge on any atom is 0.0467 e. The monoisotopic (exact) mass is 695 g/mol. The summed E-state index contributed by atoms with van der Waals surface area (Å²) in [7, 11) is 0. The van der Waals surface area contributed by atoms with Crippen LogP contribution < -0.4 is 4.90 Å². The third-order valence-electron chi connectivity index (χ3n) is 11.1. The molecule has 8 aromatic carbocycles. The minimum Gasteiger partial charge on any atom is -0.310 e. The molecular weight excluding hydrogens is 659 g/mol. The molecule has 1 aliphatic carbocycles. The summed E-state index contributed by atoms with van der Waals surface area (Å²) < 4.78 is 2.66. The molecule has 1 aromatic heterocycles. The number of nitrogens with zero attached hydrogens (tertiary/aromatic N) is 1. The highest BCUT2D eigenvalue weighted by molar-refractivity contribution is 7.25. The minimum absolute atomic E-state index is 0.00366. The van der Waals surface area contributed by atoms with Gasteiger partial charge in [0, 0.05) is 42.6 Å². The van der Waals surface area contributed by atoms with Gasteiger partial charge < -0.3 is 4.90 Å². The number of thiophene rings is 1. The van der Waals surface area contributed by atoms with Gasteiger partial charge in [-0.1, -0.05) is 141 Å². The van der Waals surface area contributed by atoms with Crippen molar-refractivity contribution in [1.82, 2.24) is 0 Å². The average molecular weight is 696 g/mol. The van der Waals surface area contributed by atoms with E-state index in [-0.39, 0.29) is 5.41 Å². The quantitative estimate of drug-likeness (QED) is 0.167. The number of fused-ring (bicyclic) bond motifs is 6. The molecule has 9 aromatic rings. The van der Waals surface area contributed by atoms with E-state index in [9.17, 15) is 0 Å². The molecule has 0 N–H and O–H groups in total. The molecule has 0 bridgehead atoms. The van der Waals surface area contributed by atoms with Crippen LogP contribution in [-0.2, 0) is 5.41 Å². The van der Waals surface area contributed by atoms with Gasteiger partial charge in [-0.3, -0.25) is 0 Å². The molecule has 0 saturated heterocycles. The van der Waals surface area contributed by atoms with Gasteiger partial charge >= 0.3 is 0 Å². The van der Waals surface area contributed by atoms with E-state index in [4.69, 9.17) is 0 Å². The van der Waals surface area contributed by atoms with E-state index in [2.05, 4.69) is 207 Å². The molecule has 0 aliphatic heterocycles. The van der Waals surface area contributed by atoms with Gasteiger partial charge in [-0.15, -0.1) is 11.3 Å². The molecule has 1 heterocycles. The maximum absolute atomic E-state index is 2.38. The van der Waals surface area contributed by atoms with Gasteiger partial charge in [0.15, 0.2) is 0 Å². The van der Waals surface area contributed by atoms with Crippen LogP contribution in [0.2, 0.25) is 0 Å². The van der Waals surface area contributed by atoms with Gasteiger partial charge in [0.2, 0.25) is 0 Å². The van der Waals surface area contributed by atoms with E-state index in [1.54, 1.807) is 0 Å². The average Bonchev–Trinajstić information content (AvgIpc) is 3.70. The highest BCUT2D eigenvalue weighted by Crippen LogP contribution is 2.49. The van der Waals surface area contributed by atoms with Gasteiger partial charge in [-0.2, -0.15) is 0 Å². The number of hydrogen-bond donors (Lipinski definition) is 0. The summed E-state index contributed by atoms with van der Waals surface area (Å²) in [5.41, 5.74) is 16.1. The Balaban J connectivity index is 1.03. The predicted octanol–water partition coefficient (Wildman–Crippen LogP) is 14.8. The molecule has 252 valence electrons. The first-order valence-corrected chi connectivity index (χ1v) is 19.2. The maximum atomic E-state index is 2.38. The predicted molar refractivity (Wildman–Crippen MR) is 228 cm³/mol. The van der Waals surface area contributed by atoms with Gasteiger partial charge in [-0.25, -0.2) is 0 Å².